The van der Waals surface area contributed by atoms with Crippen molar-refractivity contribution in [1.29, 1.82) is 0 Å². The van der Waals surface area contributed by atoms with Gasteiger partial charge in [-0.05, 0) is 46.7 Å². The van der Waals surface area contributed by atoms with E-state index in [-0.39, 0.29) is 17.1 Å². The maximum absolute atomic E-state index is 12.3. The van der Waals surface area contributed by atoms with E-state index in [1.807, 2.05) is 0 Å². The molecule has 9 nitrogen and oxygen atoms in total. The average Bonchev–Trinajstić information content (AvgIpc) is 3.10. The first kappa shape index (κ1) is 16.1. The summed E-state index contributed by atoms with van der Waals surface area (Å²) < 4.78 is 9.80. The number of hydrogen-bond acceptors (Lipinski definition) is 7. The third-order valence-corrected chi connectivity index (χ3v) is 3.42. The van der Waals surface area contributed by atoms with Gasteiger partial charge in [-0.25, -0.2) is 4.63 Å². The van der Waals surface area contributed by atoms with Crippen LogP contribution in [0.4, 0.5) is 11.5 Å². The standard InChI is InChI=1S/C16H12N4O5/c1-24-13-8-4-10(5-9-13)14-15(19-25-18-14)17-16(21)11-2-6-12(7-3-11)20(22)23/h2-9H,1H3,(H,17,19,21). The molecule has 0 unspecified atom stereocenters. The van der Waals surface area contributed by atoms with Crippen LogP contribution in [0.1, 0.15) is 10.4 Å². The lowest BCUT2D eigenvalue weighted by atomic mass is 10.1. The molecule has 9 heteroatoms. The molecule has 0 fully saturated rings. The van der Waals surface area contributed by atoms with Gasteiger partial charge >= 0.3 is 0 Å². The number of ether oxygens (including phenoxy) is 1. The molecule has 3 rings (SSSR count). The number of non-ortho nitro benzene ring substituents is 1. The Morgan fingerprint density at radius 1 is 1.12 bits per heavy atom. The van der Waals surface area contributed by atoms with Crippen LogP contribution in [0.5, 0.6) is 5.75 Å². The predicted octanol–water partition coefficient (Wildman–Crippen LogP) is 2.91. The van der Waals surface area contributed by atoms with E-state index in [1.54, 1.807) is 31.4 Å². The molecule has 1 aromatic heterocycles. The first-order valence-electron chi connectivity index (χ1n) is 7.11. The van der Waals surface area contributed by atoms with Gasteiger partial charge in [0.15, 0.2) is 5.69 Å². The van der Waals surface area contributed by atoms with Crippen molar-refractivity contribution in [3.05, 3.63) is 64.2 Å². The van der Waals surface area contributed by atoms with Gasteiger partial charge in [0.25, 0.3) is 11.6 Å². The highest BCUT2D eigenvalue weighted by atomic mass is 16.6. The molecule has 2 aromatic carbocycles. The Balaban J connectivity index is 1.80. The molecule has 1 N–H and O–H groups in total. The van der Waals surface area contributed by atoms with Gasteiger partial charge in [-0.3, -0.25) is 14.9 Å². The smallest absolute Gasteiger partial charge is 0.269 e. The Bertz CT molecular complexity index is 903. The number of anilines is 1. The summed E-state index contributed by atoms with van der Waals surface area (Å²) in [5.74, 6) is 0.338. The molecule has 0 aliphatic rings. The normalized spacial score (nSPS) is 10.3. The number of hydrogen-bond donors (Lipinski definition) is 1. The summed E-state index contributed by atoms with van der Waals surface area (Å²) in [4.78, 5) is 22.4. The van der Waals surface area contributed by atoms with Crippen molar-refractivity contribution in [3.8, 4) is 17.0 Å². The topological polar surface area (TPSA) is 120 Å². The SMILES string of the molecule is COc1ccc(-c2nonc2NC(=O)c2ccc([N+](=O)[O-])cc2)cc1. The average molecular weight is 340 g/mol. The Morgan fingerprint density at radius 3 is 2.40 bits per heavy atom. The number of benzene rings is 2. The molecular weight excluding hydrogens is 328 g/mol. The molecule has 1 amide bonds. The second-order valence-corrected chi connectivity index (χ2v) is 4.95. The van der Waals surface area contributed by atoms with Gasteiger partial charge in [0.1, 0.15) is 5.75 Å². The fourth-order valence-corrected chi connectivity index (χ4v) is 2.12. The van der Waals surface area contributed by atoms with Crippen molar-refractivity contribution in [2.24, 2.45) is 0 Å². The van der Waals surface area contributed by atoms with E-state index in [0.717, 1.165) is 0 Å². The first-order chi connectivity index (χ1) is 12.1. The summed E-state index contributed by atoms with van der Waals surface area (Å²) in [6, 6.07) is 12.2. The minimum Gasteiger partial charge on any atom is -0.497 e. The number of nitro groups is 1. The summed E-state index contributed by atoms with van der Waals surface area (Å²) in [6.07, 6.45) is 0. The van der Waals surface area contributed by atoms with Gasteiger partial charge in [0.2, 0.25) is 5.82 Å². The summed E-state index contributed by atoms with van der Waals surface area (Å²) in [7, 11) is 1.56. The molecule has 0 saturated carbocycles. The second-order valence-electron chi connectivity index (χ2n) is 4.95. The van der Waals surface area contributed by atoms with Crippen molar-refractivity contribution in [3.63, 3.8) is 0 Å². The van der Waals surface area contributed by atoms with E-state index in [1.165, 1.54) is 24.3 Å². The molecule has 126 valence electrons. The van der Waals surface area contributed by atoms with E-state index in [9.17, 15) is 14.9 Å². The molecule has 0 saturated heterocycles. The van der Waals surface area contributed by atoms with E-state index in [0.29, 0.717) is 17.0 Å². The van der Waals surface area contributed by atoms with Gasteiger partial charge in [0.05, 0.1) is 12.0 Å². The van der Waals surface area contributed by atoms with E-state index >= 15 is 0 Å². The zero-order chi connectivity index (χ0) is 17.8. The number of aromatic nitrogens is 2. The fourth-order valence-electron chi connectivity index (χ4n) is 2.12. The largest absolute Gasteiger partial charge is 0.497 e. The number of nitro benzene ring substituents is 1. The third-order valence-electron chi connectivity index (χ3n) is 3.42. The van der Waals surface area contributed by atoms with E-state index in [4.69, 9.17) is 9.37 Å². The van der Waals surface area contributed by atoms with E-state index in [2.05, 4.69) is 15.6 Å². The second kappa shape index (κ2) is 6.79. The molecule has 3 aromatic rings. The maximum atomic E-state index is 12.3. The van der Waals surface area contributed by atoms with Gasteiger partial charge < -0.3 is 10.1 Å². The highest BCUT2D eigenvalue weighted by molar-refractivity contribution is 6.05. The van der Waals surface area contributed by atoms with Crippen molar-refractivity contribution in [2.75, 3.05) is 12.4 Å². The third kappa shape index (κ3) is 3.44. The van der Waals surface area contributed by atoms with Crippen LogP contribution in [0.15, 0.2) is 53.2 Å². The van der Waals surface area contributed by atoms with Gasteiger partial charge in [-0.2, -0.15) is 0 Å². The lowest BCUT2D eigenvalue weighted by Crippen LogP contribution is -2.12. The van der Waals surface area contributed by atoms with Crippen LogP contribution in [0.3, 0.4) is 0 Å². The van der Waals surface area contributed by atoms with Crippen LogP contribution < -0.4 is 10.1 Å². The van der Waals surface area contributed by atoms with Gasteiger partial charge in [-0.15, -0.1) is 0 Å². The van der Waals surface area contributed by atoms with Crippen LogP contribution in [-0.4, -0.2) is 28.3 Å². The number of carbonyl (C=O) groups is 1. The lowest BCUT2D eigenvalue weighted by molar-refractivity contribution is -0.384. The zero-order valence-electron chi connectivity index (χ0n) is 13.0. The molecule has 0 radical (unpaired) electrons. The van der Waals surface area contributed by atoms with Crippen LogP contribution in [0.2, 0.25) is 0 Å². The quantitative estimate of drug-likeness (QED) is 0.560. The minimum absolute atomic E-state index is 0.0985. The molecule has 1 heterocycles. The van der Waals surface area contributed by atoms with E-state index < -0.39 is 10.8 Å². The zero-order valence-corrected chi connectivity index (χ0v) is 13.0. The van der Waals surface area contributed by atoms with Crippen LogP contribution in [-0.2, 0) is 0 Å². The fraction of sp³-hybridized carbons (Fsp3) is 0.0625. The summed E-state index contributed by atoms with van der Waals surface area (Å²) in [5, 5.41) is 20.7. The predicted molar refractivity (Wildman–Crippen MR) is 87.3 cm³/mol. The molecule has 0 bridgehead atoms. The number of amides is 1. The number of nitrogens with one attached hydrogen (secondary N) is 1. The Kier molecular flexibility index (Phi) is 4.38. The molecule has 0 atom stereocenters. The molecular formula is C16H12N4O5. The molecule has 25 heavy (non-hydrogen) atoms. The molecule has 0 aliphatic carbocycles. The van der Waals surface area contributed by atoms with Gasteiger partial charge in [-0.1, -0.05) is 0 Å². The molecule has 0 spiro atoms. The van der Waals surface area contributed by atoms with Crippen molar-refractivity contribution in [2.45, 2.75) is 0 Å². The summed E-state index contributed by atoms with van der Waals surface area (Å²) in [6.45, 7) is 0. The first-order valence-corrected chi connectivity index (χ1v) is 7.11. The Labute approximate surface area is 141 Å². The number of nitrogens with zero attached hydrogens (tertiary/aromatic N) is 3. The van der Waals surface area contributed by atoms with Gasteiger partial charge in [0, 0.05) is 23.3 Å². The Morgan fingerprint density at radius 2 is 1.80 bits per heavy atom. The Hall–Kier alpha value is -3.75. The minimum atomic E-state index is -0.537. The van der Waals surface area contributed by atoms with Crippen LogP contribution in [0, 0.1) is 10.1 Å². The van der Waals surface area contributed by atoms with Crippen LogP contribution >= 0.6 is 0 Å². The highest BCUT2D eigenvalue weighted by Crippen LogP contribution is 2.26. The number of methoxy groups -OCH3 is 1. The summed E-state index contributed by atoms with van der Waals surface area (Å²) >= 11 is 0. The van der Waals surface area contributed by atoms with Crippen molar-refractivity contribution >= 4 is 17.4 Å². The summed E-state index contributed by atoms with van der Waals surface area (Å²) in [5.41, 5.74) is 1.19. The maximum Gasteiger partial charge on any atom is 0.269 e. The van der Waals surface area contributed by atoms with Crippen molar-refractivity contribution < 1.29 is 19.1 Å². The lowest BCUT2D eigenvalue weighted by Gasteiger charge is -2.04. The van der Waals surface area contributed by atoms with Crippen LogP contribution in [0.25, 0.3) is 11.3 Å². The van der Waals surface area contributed by atoms with Crippen molar-refractivity contribution in [1.82, 2.24) is 10.3 Å². The number of rotatable bonds is 5. The number of carbonyl (C=O) groups excluding carboxylic acids is 1. The monoisotopic (exact) mass is 340 g/mol. The molecule has 0 aliphatic heterocycles. The highest BCUT2D eigenvalue weighted by Gasteiger charge is 2.17.